The van der Waals surface area contributed by atoms with E-state index in [4.69, 9.17) is 9.72 Å². The molecule has 0 saturated carbocycles. The number of aliphatic carboxylic acids is 1. The second kappa shape index (κ2) is 12.3. The average molecular weight is 505 g/mol. The van der Waals surface area contributed by atoms with Gasteiger partial charge in [0.2, 0.25) is 0 Å². The highest BCUT2D eigenvalue weighted by Gasteiger charge is 2.25. The molecule has 37 heavy (non-hydrogen) atoms. The number of nitrogens with zero attached hydrogens (tertiary/aromatic N) is 4. The first-order valence-electron chi connectivity index (χ1n) is 13.4. The number of para-hydroxylation sites is 1. The van der Waals surface area contributed by atoms with Crippen molar-refractivity contribution < 1.29 is 14.6 Å². The van der Waals surface area contributed by atoms with Crippen LogP contribution in [-0.2, 0) is 22.4 Å². The maximum Gasteiger partial charge on any atom is 0.328 e. The summed E-state index contributed by atoms with van der Waals surface area (Å²) < 4.78 is 6.10. The van der Waals surface area contributed by atoms with E-state index in [1.54, 1.807) is 0 Å². The van der Waals surface area contributed by atoms with Gasteiger partial charge in [-0.15, -0.1) is 0 Å². The SMILES string of the molecule is O=C(O)[C@@H](CO[C@@H]1CCCN(CCCCc2ccc3c(n2)NCCC3)C1)Nc1ncnc2ccccc12. The number of carboxylic acid groups (broad SMARTS) is 1. The molecular weight excluding hydrogens is 468 g/mol. The van der Waals surface area contributed by atoms with Gasteiger partial charge < -0.3 is 25.4 Å². The molecule has 1 saturated heterocycles. The number of nitrogens with one attached hydrogen (secondary N) is 2. The minimum Gasteiger partial charge on any atom is -0.480 e. The number of hydrogen-bond donors (Lipinski definition) is 3. The number of rotatable bonds is 11. The summed E-state index contributed by atoms with van der Waals surface area (Å²) in [7, 11) is 0. The predicted molar refractivity (Wildman–Crippen MR) is 144 cm³/mol. The molecule has 1 fully saturated rings. The van der Waals surface area contributed by atoms with Crippen LogP contribution in [0, 0.1) is 0 Å². The lowest BCUT2D eigenvalue weighted by Gasteiger charge is -2.33. The van der Waals surface area contributed by atoms with Gasteiger partial charge in [-0.05, 0) is 81.8 Å². The molecule has 0 amide bonds. The van der Waals surface area contributed by atoms with E-state index >= 15 is 0 Å². The molecule has 0 unspecified atom stereocenters. The van der Waals surface area contributed by atoms with Gasteiger partial charge in [0.05, 0.1) is 18.2 Å². The molecule has 3 aromatic rings. The molecule has 196 valence electrons. The van der Waals surface area contributed by atoms with Crippen molar-refractivity contribution in [3.05, 3.63) is 54.0 Å². The Hall–Kier alpha value is -3.30. The number of fused-ring (bicyclic) bond motifs is 2. The molecule has 4 heterocycles. The normalized spacial score (nSPS) is 18.6. The largest absolute Gasteiger partial charge is 0.480 e. The molecule has 0 radical (unpaired) electrons. The maximum atomic E-state index is 11.9. The van der Waals surface area contributed by atoms with Crippen LogP contribution < -0.4 is 10.6 Å². The third-order valence-electron chi connectivity index (χ3n) is 7.22. The zero-order valence-corrected chi connectivity index (χ0v) is 21.2. The smallest absolute Gasteiger partial charge is 0.328 e. The number of carboxylic acids is 1. The summed E-state index contributed by atoms with van der Waals surface area (Å²) in [5, 5.41) is 17.0. The molecule has 0 bridgehead atoms. The number of likely N-dealkylation sites (tertiary alicyclic amines) is 1. The van der Waals surface area contributed by atoms with Crippen molar-refractivity contribution in [3.8, 4) is 0 Å². The van der Waals surface area contributed by atoms with Gasteiger partial charge in [-0.3, -0.25) is 0 Å². The van der Waals surface area contributed by atoms with Crippen LogP contribution in [0.15, 0.2) is 42.7 Å². The Balaban J connectivity index is 1.07. The molecular formula is C28H36N6O3. The van der Waals surface area contributed by atoms with Gasteiger partial charge in [0.15, 0.2) is 0 Å². The molecule has 1 aromatic carbocycles. The van der Waals surface area contributed by atoms with Crippen molar-refractivity contribution in [2.45, 2.75) is 57.1 Å². The average Bonchev–Trinajstić information content (AvgIpc) is 2.93. The number of piperidine rings is 1. The minimum absolute atomic E-state index is 0.0351. The Morgan fingerprint density at radius 3 is 3.03 bits per heavy atom. The predicted octanol–water partition coefficient (Wildman–Crippen LogP) is 3.75. The zero-order valence-electron chi connectivity index (χ0n) is 21.2. The van der Waals surface area contributed by atoms with Gasteiger partial charge in [-0.2, -0.15) is 0 Å². The first kappa shape index (κ1) is 25.4. The number of pyridine rings is 1. The number of hydrogen-bond acceptors (Lipinski definition) is 8. The third-order valence-corrected chi connectivity index (χ3v) is 7.22. The van der Waals surface area contributed by atoms with Crippen LogP contribution in [0.3, 0.4) is 0 Å². The van der Waals surface area contributed by atoms with Gasteiger partial charge in [0.25, 0.3) is 0 Å². The number of aryl methyl sites for hydroxylation is 2. The standard InChI is InChI=1S/C28H36N6O3/c35-28(36)25(33-27-23-10-1-2-11-24(23)30-19-31-27)18-37-22-9-6-16-34(17-22)15-4-3-8-21-13-12-20-7-5-14-29-26(20)32-21/h1-2,10-13,19,22,25H,3-9,14-18H2,(H,29,32)(H,35,36)(H,30,31,33)/t22-,25-/m1/s1. The Bertz CT molecular complexity index is 1200. The van der Waals surface area contributed by atoms with E-state index in [1.807, 2.05) is 24.3 Å². The minimum atomic E-state index is -0.957. The highest BCUT2D eigenvalue weighted by atomic mass is 16.5. The fourth-order valence-electron chi connectivity index (χ4n) is 5.19. The van der Waals surface area contributed by atoms with Crippen molar-refractivity contribution in [2.75, 3.05) is 43.4 Å². The van der Waals surface area contributed by atoms with Crippen molar-refractivity contribution in [1.82, 2.24) is 19.9 Å². The molecule has 2 aliphatic heterocycles. The molecule has 0 aliphatic carbocycles. The summed E-state index contributed by atoms with van der Waals surface area (Å²) in [5.41, 5.74) is 3.27. The fraction of sp³-hybridized carbons (Fsp3) is 0.500. The highest BCUT2D eigenvalue weighted by Crippen LogP contribution is 2.22. The summed E-state index contributed by atoms with van der Waals surface area (Å²) in [6, 6.07) is 11.1. The van der Waals surface area contributed by atoms with E-state index < -0.39 is 12.0 Å². The van der Waals surface area contributed by atoms with Gasteiger partial charge in [-0.1, -0.05) is 18.2 Å². The molecule has 5 rings (SSSR count). The van der Waals surface area contributed by atoms with Gasteiger partial charge in [0.1, 0.15) is 24.0 Å². The molecule has 3 N–H and O–H groups in total. The Morgan fingerprint density at radius 1 is 1.19 bits per heavy atom. The summed E-state index contributed by atoms with van der Waals surface area (Å²) in [6.07, 6.45) is 9.00. The fourth-order valence-corrected chi connectivity index (χ4v) is 5.19. The highest BCUT2D eigenvalue weighted by molar-refractivity contribution is 5.90. The zero-order chi connectivity index (χ0) is 25.5. The van der Waals surface area contributed by atoms with Gasteiger partial charge >= 0.3 is 5.97 Å². The van der Waals surface area contributed by atoms with Crippen LogP contribution in [0.2, 0.25) is 0 Å². The van der Waals surface area contributed by atoms with Crippen LogP contribution in [0.1, 0.15) is 43.4 Å². The van der Waals surface area contributed by atoms with E-state index in [9.17, 15) is 9.90 Å². The number of anilines is 2. The second-order valence-electron chi connectivity index (χ2n) is 9.97. The third kappa shape index (κ3) is 6.72. The molecule has 2 aromatic heterocycles. The molecule has 0 spiro atoms. The second-order valence-corrected chi connectivity index (χ2v) is 9.97. The van der Waals surface area contributed by atoms with E-state index in [-0.39, 0.29) is 12.7 Å². The topological polar surface area (TPSA) is 112 Å². The first-order valence-corrected chi connectivity index (χ1v) is 13.4. The summed E-state index contributed by atoms with van der Waals surface area (Å²) in [5.74, 6) is 0.624. The van der Waals surface area contributed by atoms with E-state index in [2.05, 4.69) is 37.6 Å². The van der Waals surface area contributed by atoms with Crippen molar-refractivity contribution >= 4 is 28.5 Å². The van der Waals surface area contributed by atoms with Crippen LogP contribution >= 0.6 is 0 Å². The maximum absolute atomic E-state index is 11.9. The van der Waals surface area contributed by atoms with Crippen molar-refractivity contribution in [1.29, 1.82) is 0 Å². The lowest BCUT2D eigenvalue weighted by atomic mass is 10.1. The molecule has 9 heteroatoms. The lowest BCUT2D eigenvalue weighted by Crippen LogP contribution is -2.43. The number of carbonyl (C=O) groups is 1. The van der Waals surface area contributed by atoms with Crippen LogP contribution in [0.5, 0.6) is 0 Å². The van der Waals surface area contributed by atoms with Crippen LogP contribution in [0.25, 0.3) is 10.9 Å². The van der Waals surface area contributed by atoms with Crippen LogP contribution in [-0.4, -0.2) is 75.9 Å². The van der Waals surface area contributed by atoms with Crippen molar-refractivity contribution in [3.63, 3.8) is 0 Å². The summed E-state index contributed by atoms with van der Waals surface area (Å²) in [4.78, 5) is 27.7. The first-order chi connectivity index (χ1) is 18.2. The Labute approximate surface area is 217 Å². The Kier molecular flexibility index (Phi) is 8.42. The Morgan fingerprint density at radius 2 is 2.11 bits per heavy atom. The van der Waals surface area contributed by atoms with Gasteiger partial charge in [0, 0.05) is 24.2 Å². The number of ether oxygens (including phenoxy) is 1. The monoisotopic (exact) mass is 504 g/mol. The quantitative estimate of drug-likeness (QED) is 0.336. The van der Waals surface area contributed by atoms with Gasteiger partial charge in [-0.25, -0.2) is 19.7 Å². The number of unbranched alkanes of at least 4 members (excludes halogenated alkanes) is 1. The van der Waals surface area contributed by atoms with E-state index in [1.165, 1.54) is 18.3 Å². The lowest BCUT2D eigenvalue weighted by molar-refractivity contribution is -0.140. The summed E-state index contributed by atoms with van der Waals surface area (Å²) in [6.45, 7) is 4.03. The van der Waals surface area contributed by atoms with Crippen LogP contribution in [0.4, 0.5) is 11.6 Å². The van der Waals surface area contributed by atoms with Crippen molar-refractivity contribution in [2.24, 2.45) is 0 Å². The van der Waals surface area contributed by atoms with E-state index in [0.717, 1.165) is 87.1 Å². The van der Waals surface area contributed by atoms with E-state index in [0.29, 0.717) is 5.82 Å². The molecule has 2 aliphatic rings. The number of benzene rings is 1. The molecule has 9 nitrogen and oxygen atoms in total. The summed E-state index contributed by atoms with van der Waals surface area (Å²) >= 11 is 0. The number of aromatic nitrogens is 3. The molecule has 2 atom stereocenters.